The van der Waals surface area contributed by atoms with Crippen LogP contribution in [-0.4, -0.2) is 31.7 Å². The first-order valence-corrected chi connectivity index (χ1v) is 8.69. The molecule has 0 aliphatic carbocycles. The van der Waals surface area contributed by atoms with Gasteiger partial charge in [-0.25, -0.2) is 0 Å². The number of aryl methyl sites for hydroxylation is 1. The van der Waals surface area contributed by atoms with Gasteiger partial charge in [0.1, 0.15) is 0 Å². The summed E-state index contributed by atoms with van der Waals surface area (Å²) < 4.78 is 15.9. The van der Waals surface area contributed by atoms with E-state index >= 15 is 0 Å². The minimum absolute atomic E-state index is 0.114. The molecule has 0 fully saturated rings. The van der Waals surface area contributed by atoms with Crippen molar-refractivity contribution in [2.24, 2.45) is 5.92 Å². The Morgan fingerprint density at radius 1 is 1.11 bits per heavy atom. The highest BCUT2D eigenvalue weighted by atomic mass is 16.5. The molecule has 1 atom stereocenters. The maximum absolute atomic E-state index is 12.4. The predicted octanol–water partition coefficient (Wildman–Crippen LogP) is 2.59. The molecule has 0 saturated heterocycles. The van der Waals surface area contributed by atoms with Gasteiger partial charge in [0.2, 0.25) is 5.43 Å². The second kappa shape index (κ2) is 9.12. The number of methoxy groups -OCH3 is 2. The minimum atomic E-state index is -0.316. The highest BCUT2D eigenvalue weighted by Gasteiger charge is 2.20. The fourth-order valence-corrected chi connectivity index (χ4v) is 2.71. The third-order valence-corrected chi connectivity index (χ3v) is 4.13. The van der Waals surface area contributed by atoms with Gasteiger partial charge in [0.05, 0.1) is 20.3 Å². The van der Waals surface area contributed by atoms with Crippen molar-refractivity contribution in [2.75, 3.05) is 20.8 Å². The molecule has 146 valence electrons. The van der Waals surface area contributed by atoms with Crippen molar-refractivity contribution in [3.05, 3.63) is 51.9 Å². The molecule has 1 heterocycles. The van der Waals surface area contributed by atoms with E-state index in [1.807, 2.05) is 26.0 Å². The van der Waals surface area contributed by atoms with E-state index in [2.05, 4.69) is 10.3 Å². The Hall–Kier alpha value is -2.96. The Morgan fingerprint density at radius 2 is 1.81 bits per heavy atom. The highest BCUT2D eigenvalue weighted by Crippen LogP contribution is 2.32. The van der Waals surface area contributed by atoms with Crippen LogP contribution in [0.5, 0.6) is 17.2 Å². The Bertz CT molecular complexity index is 845. The monoisotopic (exact) mass is 374 g/mol. The lowest BCUT2D eigenvalue weighted by Crippen LogP contribution is -2.35. The summed E-state index contributed by atoms with van der Waals surface area (Å²) in [6.07, 6.45) is 1.46. The topological polar surface area (TPSA) is 89.7 Å². The maximum Gasteiger partial charge on any atom is 0.258 e. The van der Waals surface area contributed by atoms with Gasteiger partial charge in [0.25, 0.3) is 5.91 Å². The van der Waals surface area contributed by atoms with E-state index in [4.69, 9.17) is 14.2 Å². The van der Waals surface area contributed by atoms with Crippen LogP contribution < -0.4 is 25.0 Å². The van der Waals surface area contributed by atoms with Crippen molar-refractivity contribution in [3.8, 4) is 17.2 Å². The molecule has 0 spiro atoms. The van der Waals surface area contributed by atoms with Gasteiger partial charge in [-0.15, -0.1) is 0 Å². The molecular formula is C20H26N2O5. The number of ether oxygens (including phenoxy) is 3. The van der Waals surface area contributed by atoms with Crippen LogP contribution in [0.25, 0.3) is 0 Å². The number of amides is 1. The molecule has 1 aromatic carbocycles. The molecule has 0 aliphatic heterocycles. The molecule has 7 heteroatoms. The standard InChI is InChI=1S/C20H26N2O5/c1-12(2)20(14-6-7-16(25-4)17(9-14)26-5)22-19(24)11-27-18-10-21-13(3)8-15(18)23/h6-10,12,20H,11H2,1-5H3,(H,21,23)(H,22,24)/t20-/m0/s1. The van der Waals surface area contributed by atoms with Crippen LogP contribution in [0.4, 0.5) is 0 Å². The number of carbonyl (C=O) groups excluding carboxylic acids is 1. The molecule has 0 saturated carbocycles. The molecule has 1 amide bonds. The largest absolute Gasteiger partial charge is 0.493 e. The van der Waals surface area contributed by atoms with Crippen LogP contribution in [0.15, 0.2) is 35.3 Å². The molecule has 0 aliphatic rings. The lowest BCUT2D eigenvalue weighted by Gasteiger charge is -2.24. The Labute approximate surface area is 158 Å². The van der Waals surface area contributed by atoms with E-state index in [1.165, 1.54) is 12.3 Å². The van der Waals surface area contributed by atoms with Gasteiger partial charge in [-0.2, -0.15) is 0 Å². The zero-order valence-electron chi connectivity index (χ0n) is 16.3. The van der Waals surface area contributed by atoms with E-state index < -0.39 is 0 Å². The smallest absolute Gasteiger partial charge is 0.258 e. The number of carbonyl (C=O) groups is 1. The van der Waals surface area contributed by atoms with E-state index in [0.29, 0.717) is 11.5 Å². The van der Waals surface area contributed by atoms with Crippen molar-refractivity contribution in [1.82, 2.24) is 10.3 Å². The number of benzene rings is 1. The zero-order chi connectivity index (χ0) is 20.0. The number of aromatic nitrogens is 1. The number of pyridine rings is 1. The predicted molar refractivity (Wildman–Crippen MR) is 103 cm³/mol. The van der Waals surface area contributed by atoms with Crippen molar-refractivity contribution < 1.29 is 19.0 Å². The first kappa shape index (κ1) is 20.4. The Kier molecular flexibility index (Phi) is 6.87. The zero-order valence-corrected chi connectivity index (χ0v) is 16.3. The van der Waals surface area contributed by atoms with Crippen LogP contribution >= 0.6 is 0 Å². The Balaban J connectivity index is 2.09. The Morgan fingerprint density at radius 3 is 2.41 bits per heavy atom. The van der Waals surface area contributed by atoms with Crippen molar-refractivity contribution in [1.29, 1.82) is 0 Å². The first-order chi connectivity index (χ1) is 12.8. The molecule has 0 radical (unpaired) electrons. The summed E-state index contributed by atoms with van der Waals surface area (Å²) in [7, 11) is 3.14. The molecule has 2 N–H and O–H groups in total. The molecule has 27 heavy (non-hydrogen) atoms. The highest BCUT2D eigenvalue weighted by molar-refractivity contribution is 5.78. The number of aromatic amines is 1. The van der Waals surface area contributed by atoms with Gasteiger partial charge >= 0.3 is 0 Å². The third-order valence-electron chi connectivity index (χ3n) is 4.13. The van der Waals surface area contributed by atoms with Gasteiger partial charge < -0.3 is 24.5 Å². The second-order valence-electron chi connectivity index (χ2n) is 6.54. The van der Waals surface area contributed by atoms with Crippen molar-refractivity contribution in [3.63, 3.8) is 0 Å². The van der Waals surface area contributed by atoms with Crippen LogP contribution in [0.1, 0.15) is 31.1 Å². The van der Waals surface area contributed by atoms with Gasteiger partial charge in [0, 0.05) is 18.0 Å². The summed E-state index contributed by atoms with van der Waals surface area (Å²) in [4.78, 5) is 27.1. The number of hydrogen-bond acceptors (Lipinski definition) is 5. The summed E-state index contributed by atoms with van der Waals surface area (Å²) in [5, 5.41) is 2.95. The normalized spacial score (nSPS) is 11.8. The SMILES string of the molecule is COc1ccc([C@@H](NC(=O)COc2c[nH]c(C)cc2=O)C(C)C)cc1OC. The average molecular weight is 374 g/mol. The van der Waals surface area contributed by atoms with Crippen molar-refractivity contribution >= 4 is 5.91 Å². The van der Waals surface area contributed by atoms with Gasteiger partial charge in [-0.05, 0) is 30.5 Å². The maximum atomic E-state index is 12.4. The number of H-pyrrole nitrogens is 1. The van der Waals surface area contributed by atoms with Gasteiger partial charge in [-0.1, -0.05) is 19.9 Å². The third kappa shape index (κ3) is 5.26. The van der Waals surface area contributed by atoms with E-state index in [9.17, 15) is 9.59 Å². The van der Waals surface area contributed by atoms with Gasteiger partial charge in [0.15, 0.2) is 23.9 Å². The van der Waals surface area contributed by atoms with Crippen molar-refractivity contribution in [2.45, 2.75) is 26.8 Å². The fraction of sp³-hybridized carbons (Fsp3) is 0.400. The summed E-state index contributed by atoms with van der Waals surface area (Å²) in [6, 6.07) is 6.72. The summed E-state index contributed by atoms with van der Waals surface area (Å²) in [5.41, 5.74) is 1.36. The molecule has 0 unspecified atom stereocenters. The fourth-order valence-electron chi connectivity index (χ4n) is 2.71. The molecule has 7 nitrogen and oxygen atoms in total. The summed E-state index contributed by atoms with van der Waals surface area (Å²) in [6.45, 7) is 5.54. The van der Waals surface area contributed by atoms with Crippen LogP contribution in [0, 0.1) is 12.8 Å². The second-order valence-corrected chi connectivity index (χ2v) is 6.54. The van der Waals surface area contributed by atoms with Crippen LogP contribution in [0.2, 0.25) is 0 Å². The molecule has 2 rings (SSSR count). The van der Waals surface area contributed by atoms with Crippen LogP contribution in [-0.2, 0) is 4.79 Å². The summed E-state index contributed by atoms with van der Waals surface area (Å²) >= 11 is 0. The molecule has 2 aromatic rings. The number of rotatable bonds is 8. The molecule has 1 aromatic heterocycles. The number of nitrogens with one attached hydrogen (secondary N) is 2. The van der Waals surface area contributed by atoms with Crippen LogP contribution in [0.3, 0.4) is 0 Å². The van der Waals surface area contributed by atoms with E-state index in [0.717, 1.165) is 11.3 Å². The van der Waals surface area contributed by atoms with E-state index in [-0.39, 0.29) is 35.7 Å². The molecular weight excluding hydrogens is 348 g/mol. The lowest BCUT2D eigenvalue weighted by atomic mass is 9.95. The lowest BCUT2D eigenvalue weighted by molar-refractivity contribution is -0.124. The van der Waals surface area contributed by atoms with Gasteiger partial charge in [-0.3, -0.25) is 9.59 Å². The van der Waals surface area contributed by atoms with E-state index in [1.54, 1.807) is 27.2 Å². The average Bonchev–Trinajstić information content (AvgIpc) is 2.64. The first-order valence-electron chi connectivity index (χ1n) is 8.69. The number of hydrogen-bond donors (Lipinski definition) is 2. The summed E-state index contributed by atoms with van der Waals surface area (Å²) in [5.74, 6) is 1.15. The molecule has 0 bridgehead atoms. The minimum Gasteiger partial charge on any atom is -0.493 e. The quantitative estimate of drug-likeness (QED) is 0.741.